The fourth-order valence-corrected chi connectivity index (χ4v) is 2.29. The predicted molar refractivity (Wildman–Crippen MR) is 76.8 cm³/mol. The summed E-state index contributed by atoms with van der Waals surface area (Å²) >= 11 is 3.20. The summed E-state index contributed by atoms with van der Waals surface area (Å²) in [6, 6.07) is 1.59. The first-order chi connectivity index (χ1) is 8.97. The van der Waals surface area contributed by atoms with Gasteiger partial charge in [0.25, 0.3) is 5.56 Å². The smallest absolute Gasteiger partial charge is 0.265 e. The van der Waals surface area contributed by atoms with Crippen LogP contribution in [-0.4, -0.2) is 19.3 Å². The van der Waals surface area contributed by atoms with Crippen molar-refractivity contribution < 1.29 is 0 Å². The van der Waals surface area contributed by atoms with Gasteiger partial charge in [0, 0.05) is 18.4 Å². The quantitative estimate of drug-likeness (QED) is 0.923. The maximum absolute atomic E-state index is 12.0. The molecule has 7 heteroatoms. The molecule has 0 atom stereocenters. The van der Waals surface area contributed by atoms with Crippen LogP contribution >= 0.6 is 15.9 Å². The summed E-state index contributed by atoms with van der Waals surface area (Å²) in [5, 5.41) is 4.17. The van der Waals surface area contributed by atoms with E-state index >= 15 is 0 Å². The molecule has 19 heavy (non-hydrogen) atoms. The predicted octanol–water partition coefficient (Wildman–Crippen LogP) is 1.49. The second-order valence-electron chi connectivity index (χ2n) is 4.81. The lowest BCUT2D eigenvalue weighted by molar-refractivity contribution is 0.459. The van der Waals surface area contributed by atoms with Gasteiger partial charge in [-0.3, -0.25) is 4.79 Å². The molecule has 0 bridgehead atoms. The highest BCUT2D eigenvalue weighted by Gasteiger charge is 2.09. The van der Waals surface area contributed by atoms with Gasteiger partial charge in [-0.05, 0) is 27.9 Å². The second kappa shape index (κ2) is 5.56. The Kier molecular flexibility index (Phi) is 4.04. The summed E-state index contributed by atoms with van der Waals surface area (Å²) in [5.41, 5.74) is 6.14. The van der Waals surface area contributed by atoms with Gasteiger partial charge in [0.2, 0.25) is 0 Å². The van der Waals surface area contributed by atoms with Crippen molar-refractivity contribution in [3.8, 4) is 0 Å². The number of nitrogens with zero attached hydrogens (tertiary/aromatic N) is 4. The van der Waals surface area contributed by atoms with Crippen LogP contribution in [0.15, 0.2) is 27.9 Å². The minimum absolute atomic E-state index is 0.131. The van der Waals surface area contributed by atoms with Gasteiger partial charge >= 0.3 is 0 Å². The summed E-state index contributed by atoms with van der Waals surface area (Å²) in [5.74, 6) is 1.21. The van der Waals surface area contributed by atoms with Crippen molar-refractivity contribution in [1.82, 2.24) is 19.3 Å². The number of anilines is 1. The fourth-order valence-electron chi connectivity index (χ4n) is 1.80. The van der Waals surface area contributed by atoms with Crippen LogP contribution in [0, 0.1) is 5.92 Å². The van der Waals surface area contributed by atoms with Gasteiger partial charge in [0.15, 0.2) is 0 Å². The van der Waals surface area contributed by atoms with Crippen molar-refractivity contribution in [2.75, 3.05) is 5.73 Å². The average molecular weight is 326 g/mol. The third kappa shape index (κ3) is 3.23. The normalized spacial score (nSPS) is 11.2. The number of aromatic nitrogens is 4. The van der Waals surface area contributed by atoms with Crippen molar-refractivity contribution in [3.63, 3.8) is 0 Å². The van der Waals surface area contributed by atoms with Crippen molar-refractivity contribution in [2.24, 2.45) is 5.92 Å². The molecule has 0 aliphatic rings. The lowest BCUT2D eigenvalue weighted by Crippen LogP contribution is -2.23. The maximum Gasteiger partial charge on any atom is 0.265 e. The van der Waals surface area contributed by atoms with Crippen molar-refractivity contribution in [2.45, 2.75) is 26.9 Å². The van der Waals surface area contributed by atoms with E-state index in [0.29, 0.717) is 22.6 Å². The number of hydrogen-bond acceptors (Lipinski definition) is 4. The molecule has 0 fully saturated rings. The van der Waals surface area contributed by atoms with E-state index in [1.165, 1.54) is 10.9 Å². The van der Waals surface area contributed by atoms with Crippen LogP contribution in [0.25, 0.3) is 0 Å². The second-order valence-corrected chi connectivity index (χ2v) is 5.66. The molecule has 0 unspecified atom stereocenters. The molecule has 2 aromatic rings. The van der Waals surface area contributed by atoms with E-state index in [9.17, 15) is 4.79 Å². The molecule has 0 saturated carbocycles. The molecule has 0 spiro atoms. The minimum atomic E-state index is -0.131. The summed E-state index contributed by atoms with van der Waals surface area (Å²) in [4.78, 5) is 16.2. The van der Waals surface area contributed by atoms with E-state index in [4.69, 9.17) is 5.73 Å². The molecule has 2 rings (SSSR count). The molecular weight excluding hydrogens is 310 g/mol. The van der Waals surface area contributed by atoms with E-state index in [1.54, 1.807) is 12.3 Å². The highest BCUT2D eigenvalue weighted by molar-refractivity contribution is 9.10. The molecule has 2 aromatic heterocycles. The molecule has 2 N–H and O–H groups in total. The maximum atomic E-state index is 12.0. The number of nitrogen functional groups attached to an aromatic ring is 1. The van der Waals surface area contributed by atoms with Crippen LogP contribution in [0.1, 0.15) is 19.7 Å². The van der Waals surface area contributed by atoms with Crippen molar-refractivity contribution in [3.05, 3.63) is 39.2 Å². The Bertz CT molecular complexity index is 631. The van der Waals surface area contributed by atoms with E-state index in [1.807, 2.05) is 4.68 Å². The molecule has 0 aromatic carbocycles. The molecule has 0 aliphatic heterocycles. The van der Waals surface area contributed by atoms with Gasteiger partial charge in [-0.2, -0.15) is 5.10 Å². The first-order valence-electron chi connectivity index (χ1n) is 5.99. The average Bonchev–Trinajstić information content (AvgIpc) is 2.72. The lowest BCUT2D eigenvalue weighted by atomic mass is 10.2. The van der Waals surface area contributed by atoms with E-state index in [-0.39, 0.29) is 5.56 Å². The Morgan fingerprint density at radius 3 is 2.89 bits per heavy atom. The van der Waals surface area contributed by atoms with E-state index in [2.05, 4.69) is 39.9 Å². The third-order valence-electron chi connectivity index (χ3n) is 2.61. The monoisotopic (exact) mass is 325 g/mol. The van der Waals surface area contributed by atoms with Crippen molar-refractivity contribution in [1.29, 1.82) is 0 Å². The Morgan fingerprint density at radius 1 is 1.47 bits per heavy atom. The zero-order chi connectivity index (χ0) is 14.0. The topological polar surface area (TPSA) is 78.7 Å². The Morgan fingerprint density at radius 2 is 2.21 bits per heavy atom. The molecule has 0 saturated heterocycles. The fraction of sp³-hybridized carbons (Fsp3) is 0.417. The zero-order valence-electron chi connectivity index (χ0n) is 10.9. The summed E-state index contributed by atoms with van der Waals surface area (Å²) in [6.07, 6.45) is 3.12. The number of rotatable bonds is 4. The molecule has 6 nitrogen and oxygen atoms in total. The number of pyridine rings is 1. The zero-order valence-corrected chi connectivity index (χ0v) is 12.5. The molecule has 0 aliphatic carbocycles. The van der Waals surface area contributed by atoms with Gasteiger partial charge < -0.3 is 10.3 Å². The third-order valence-corrected chi connectivity index (χ3v) is 3.18. The molecule has 0 amide bonds. The number of hydrogen-bond donors (Lipinski definition) is 1. The summed E-state index contributed by atoms with van der Waals surface area (Å²) in [6.45, 7) is 5.34. The largest absolute Gasteiger partial charge is 0.398 e. The summed E-state index contributed by atoms with van der Waals surface area (Å²) in [7, 11) is 0. The van der Waals surface area contributed by atoms with E-state index < -0.39 is 0 Å². The van der Waals surface area contributed by atoms with Crippen LogP contribution < -0.4 is 11.3 Å². The van der Waals surface area contributed by atoms with Crippen LogP contribution in [0.3, 0.4) is 0 Å². The van der Waals surface area contributed by atoms with Gasteiger partial charge in [-0.25, -0.2) is 9.67 Å². The molecule has 0 radical (unpaired) electrons. The Hall–Kier alpha value is -1.63. The molecule has 102 valence electrons. The highest BCUT2D eigenvalue weighted by Crippen LogP contribution is 2.09. The molecule has 2 heterocycles. The molecular formula is C12H16BrN5O. The van der Waals surface area contributed by atoms with Gasteiger partial charge in [0.1, 0.15) is 12.2 Å². The van der Waals surface area contributed by atoms with Gasteiger partial charge in [-0.1, -0.05) is 13.8 Å². The number of nitrogens with two attached hydrogens (primary N) is 1. The Balaban J connectivity index is 2.32. The Labute approximate surface area is 119 Å². The number of halogens is 1. The highest BCUT2D eigenvalue weighted by atomic mass is 79.9. The van der Waals surface area contributed by atoms with Crippen LogP contribution in [-0.2, 0) is 13.1 Å². The summed E-state index contributed by atoms with van der Waals surface area (Å²) < 4.78 is 3.79. The SMILES string of the molecule is CC(C)Cn1ncnc1Cn1cc(N)cc(Br)c1=O. The first kappa shape index (κ1) is 13.8. The van der Waals surface area contributed by atoms with Crippen LogP contribution in [0.2, 0.25) is 0 Å². The van der Waals surface area contributed by atoms with Gasteiger partial charge in [0.05, 0.1) is 11.0 Å². The van der Waals surface area contributed by atoms with Crippen LogP contribution in [0.4, 0.5) is 5.69 Å². The first-order valence-corrected chi connectivity index (χ1v) is 6.79. The van der Waals surface area contributed by atoms with Crippen molar-refractivity contribution >= 4 is 21.6 Å². The van der Waals surface area contributed by atoms with Crippen LogP contribution in [0.5, 0.6) is 0 Å². The van der Waals surface area contributed by atoms with Gasteiger partial charge in [-0.15, -0.1) is 0 Å². The lowest BCUT2D eigenvalue weighted by Gasteiger charge is -2.10. The standard InChI is InChI=1S/C12H16BrN5O/c1-8(2)4-18-11(15-7-16-18)6-17-5-9(14)3-10(13)12(17)19/h3,5,7-8H,4,6,14H2,1-2H3. The minimum Gasteiger partial charge on any atom is -0.398 e. The van der Waals surface area contributed by atoms with E-state index in [0.717, 1.165) is 12.4 Å².